The van der Waals surface area contributed by atoms with Gasteiger partial charge in [-0.3, -0.25) is 0 Å². The zero-order valence-corrected chi connectivity index (χ0v) is 21.1. The first-order chi connectivity index (χ1) is 15.1. The molecule has 2 aromatic carbocycles. The Labute approximate surface area is 205 Å². The van der Waals surface area contributed by atoms with E-state index in [2.05, 4.69) is 127 Å². The third-order valence-electron chi connectivity index (χ3n) is 5.40. The van der Waals surface area contributed by atoms with Crippen molar-refractivity contribution in [3.63, 3.8) is 0 Å². The molecule has 3 nitrogen and oxygen atoms in total. The molecule has 0 atom stereocenters. The first kappa shape index (κ1) is 23.8. The summed E-state index contributed by atoms with van der Waals surface area (Å²) < 4.78 is 5.82. The number of hydrogen-bond donors (Lipinski definition) is 0. The lowest BCUT2D eigenvalue weighted by atomic mass is 10.2. The highest BCUT2D eigenvalue weighted by Gasteiger charge is 2.16. The second-order valence-corrected chi connectivity index (χ2v) is 8.76. The molecule has 2 aromatic heterocycles. The van der Waals surface area contributed by atoms with Crippen molar-refractivity contribution in [1.82, 2.24) is 4.57 Å². The Balaban J connectivity index is 0.00000289. The molecule has 0 N–H and O–H groups in total. The van der Waals surface area contributed by atoms with Crippen LogP contribution in [0.1, 0.15) is 22.0 Å². The highest BCUT2D eigenvalue weighted by molar-refractivity contribution is 7.18. The number of aromatic nitrogens is 2. The summed E-state index contributed by atoms with van der Waals surface area (Å²) in [6.07, 6.45) is 10.7. The van der Waals surface area contributed by atoms with Gasteiger partial charge in [0.25, 0.3) is 5.01 Å². The van der Waals surface area contributed by atoms with Crippen LogP contribution in [-0.4, -0.2) is 18.7 Å². The fraction of sp³-hybridized carbons (Fsp3) is 0.148. The van der Waals surface area contributed by atoms with Crippen molar-refractivity contribution in [1.29, 1.82) is 0 Å². The van der Waals surface area contributed by atoms with E-state index in [1.807, 2.05) is 17.4 Å². The Kier molecular flexibility index (Phi) is 7.89. The summed E-state index contributed by atoms with van der Waals surface area (Å²) in [4.78, 5) is 2.11. The number of nitrogens with zero attached hydrogens (tertiary/aromatic N) is 3. The van der Waals surface area contributed by atoms with Crippen molar-refractivity contribution in [2.45, 2.75) is 6.54 Å². The van der Waals surface area contributed by atoms with Crippen molar-refractivity contribution in [3.05, 3.63) is 95.3 Å². The van der Waals surface area contributed by atoms with Crippen molar-refractivity contribution in [3.8, 4) is 0 Å². The maximum absolute atomic E-state index is 3.92. The zero-order valence-electron chi connectivity index (χ0n) is 18.7. The van der Waals surface area contributed by atoms with Crippen molar-refractivity contribution in [2.24, 2.45) is 7.05 Å². The molecule has 4 aromatic rings. The highest BCUT2D eigenvalue weighted by Crippen LogP contribution is 2.22. The molecule has 0 saturated heterocycles. The number of allylic oxidation sites excluding steroid dienone is 1. The average molecular weight is 507 g/mol. The molecule has 164 valence electrons. The van der Waals surface area contributed by atoms with E-state index in [1.165, 1.54) is 37.9 Å². The van der Waals surface area contributed by atoms with Gasteiger partial charge in [0, 0.05) is 50.4 Å². The molecule has 0 aliphatic heterocycles. The molecular weight excluding hydrogens is 478 g/mol. The van der Waals surface area contributed by atoms with E-state index < -0.39 is 0 Å². The number of anilines is 1. The molecule has 0 fully saturated rings. The van der Waals surface area contributed by atoms with Crippen LogP contribution in [0.2, 0.25) is 0 Å². The second kappa shape index (κ2) is 10.6. The molecule has 0 saturated carbocycles. The van der Waals surface area contributed by atoms with Gasteiger partial charge in [0.2, 0.25) is 5.52 Å². The van der Waals surface area contributed by atoms with Gasteiger partial charge < -0.3 is 26.4 Å². The van der Waals surface area contributed by atoms with Crippen molar-refractivity contribution < 1.29 is 21.5 Å². The normalized spacial score (nSPS) is 11.3. The minimum Gasteiger partial charge on any atom is -1.00 e. The number of para-hydroxylation sites is 1. The Bertz CT molecular complexity index is 1260. The van der Waals surface area contributed by atoms with Crippen LogP contribution in [0.15, 0.2) is 73.3 Å². The van der Waals surface area contributed by atoms with Gasteiger partial charge in [-0.25, -0.2) is 0 Å². The molecule has 0 aliphatic rings. The number of thiazole rings is 1. The van der Waals surface area contributed by atoms with E-state index in [-0.39, 0.29) is 17.0 Å². The lowest BCUT2D eigenvalue weighted by molar-refractivity contribution is -0.658. The van der Waals surface area contributed by atoms with Gasteiger partial charge in [-0.1, -0.05) is 48.3 Å². The first-order valence-corrected chi connectivity index (χ1v) is 11.2. The topological polar surface area (TPSA) is 12.1 Å². The van der Waals surface area contributed by atoms with Gasteiger partial charge >= 0.3 is 0 Å². The van der Waals surface area contributed by atoms with Crippen molar-refractivity contribution in [2.75, 3.05) is 19.0 Å². The molecule has 0 radical (unpaired) electrons. The second-order valence-electron chi connectivity index (χ2n) is 7.70. The van der Waals surface area contributed by atoms with Crippen molar-refractivity contribution >= 4 is 51.5 Å². The van der Waals surface area contributed by atoms with E-state index in [1.54, 1.807) is 0 Å². The molecule has 0 bridgehead atoms. The summed E-state index contributed by atoms with van der Waals surface area (Å²) in [6, 6.07) is 21.4. The Morgan fingerprint density at radius 3 is 2.22 bits per heavy atom. The summed E-state index contributed by atoms with van der Waals surface area (Å²) in [7, 11) is 6.22. The number of halogens is 1. The Morgan fingerprint density at radius 2 is 1.56 bits per heavy atom. The monoisotopic (exact) mass is 505 g/mol. The molecular formula is C27H28BrN3S. The molecule has 0 unspecified atom stereocenters. The van der Waals surface area contributed by atoms with E-state index in [4.69, 9.17) is 0 Å². The van der Waals surface area contributed by atoms with E-state index in [0.29, 0.717) is 0 Å². The Morgan fingerprint density at radius 1 is 0.906 bits per heavy atom. The lowest BCUT2D eigenvalue weighted by Gasteiger charge is -2.11. The quantitative estimate of drug-likeness (QED) is 0.277. The smallest absolute Gasteiger partial charge is 0.263 e. The molecule has 32 heavy (non-hydrogen) atoms. The number of hydrogen-bond acceptors (Lipinski definition) is 2. The molecule has 5 heteroatoms. The van der Waals surface area contributed by atoms with Gasteiger partial charge in [0.05, 0.1) is 0 Å². The van der Waals surface area contributed by atoms with Crippen LogP contribution in [0.25, 0.3) is 34.5 Å². The molecule has 2 heterocycles. The molecule has 4 rings (SSSR count). The third-order valence-corrected chi connectivity index (χ3v) is 6.53. The van der Waals surface area contributed by atoms with Gasteiger partial charge in [-0.2, -0.15) is 4.57 Å². The zero-order chi connectivity index (χ0) is 21.8. The van der Waals surface area contributed by atoms with Crippen LogP contribution in [0, 0.1) is 0 Å². The fourth-order valence-corrected chi connectivity index (χ4v) is 4.67. The summed E-state index contributed by atoms with van der Waals surface area (Å²) >= 11 is 1.81. The van der Waals surface area contributed by atoms with Gasteiger partial charge in [0.15, 0.2) is 6.54 Å². The average Bonchev–Trinajstić information content (AvgIpc) is 3.31. The van der Waals surface area contributed by atoms with Gasteiger partial charge in [-0.15, -0.1) is 0 Å². The van der Waals surface area contributed by atoms with Crippen LogP contribution in [0.5, 0.6) is 0 Å². The first-order valence-electron chi connectivity index (χ1n) is 10.4. The minimum absolute atomic E-state index is 0. The maximum Gasteiger partial charge on any atom is 0.263 e. The standard InChI is InChI=1S/C27H28N3S.BrH/c1-5-20-30-25-8-6-7-9-26(25)31-27(30)19-18-24-17-16-23(29(24)4)15-12-21-10-13-22(14-11-21)28(2)3;/h5-19H,1,20H2,2-4H3;1H/q+1;/p-1. The molecule has 0 aliphatic carbocycles. The summed E-state index contributed by atoms with van der Waals surface area (Å²) in [6.45, 7) is 4.73. The van der Waals surface area contributed by atoms with Crippen LogP contribution < -0.4 is 26.4 Å². The van der Waals surface area contributed by atoms with Crippen LogP contribution >= 0.6 is 11.3 Å². The van der Waals surface area contributed by atoms with E-state index in [9.17, 15) is 0 Å². The molecule has 0 amide bonds. The van der Waals surface area contributed by atoms with Crippen LogP contribution in [0.3, 0.4) is 0 Å². The van der Waals surface area contributed by atoms with E-state index >= 15 is 0 Å². The predicted octanol–water partition coefficient (Wildman–Crippen LogP) is 3.12. The number of rotatable bonds is 7. The van der Waals surface area contributed by atoms with E-state index in [0.717, 1.165) is 6.54 Å². The predicted molar refractivity (Wildman–Crippen MR) is 136 cm³/mol. The SMILES string of the molecule is C=CC[n+]1c(/C=C/c2ccc(/C=C/c3ccc(N(C)C)cc3)n2C)sc2ccccc21.[Br-]. The van der Waals surface area contributed by atoms with Crippen LogP contribution in [-0.2, 0) is 13.6 Å². The Hall–Kier alpha value is -2.89. The fourth-order valence-electron chi connectivity index (χ4n) is 3.59. The minimum atomic E-state index is 0. The van der Waals surface area contributed by atoms with Gasteiger partial charge in [-0.05, 0) is 54.1 Å². The summed E-state index contributed by atoms with van der Waals surface area (Å²) in [5.41, 5.74) is 6.00. The lowest BCUT2D eigenvalue weighted by Crippen LogP contribution is -3.00. The summed E-state index contributed by atoms with van der Waals surface area (Å²) in [5.74, 6) is 0. The summed E-state index contributed by atoms with van der Waals surface area (Å²) in [5, 5.41) is 1.22. The van der Waals surface area contributed by atoms with Gasteiger partial charge in [0.1, 0.15) is 4.70 Å². The highest BCUT2D eigenvalue weighted by atomic mass is 79.9. The maximum atomic E-state index is 3.92. The van der Waals surface area contributed by atoms with Crippen LogP contribution in [0.4, 0.5) is 5.69 Å². The largest absolute Gasteiger partial charge is 1.00 e. The number of benzene rings is 2. The third kappa shape index (κ3) is 5.12. The molecule has 0 spiro atoms. The number of fused-ring (bicyclic) bond motifs is 1.